The third-order valence-electron chi connectivity index (χ3n) is 2.67. The minimum atomic E-state index is -0.0484. The van der Waals surface area contributed by atoms with Crippen molar-refractivity contribution in [3.8, 4) is 0 Å². The molecule has 4 N–H and O–H groups in total. The number of amides is 1. The Morgan fingerprint density at radius 3 is 2.11 bits per heavy atom. The summed E-state index contributed by atoms with van der Waals surface area (Å²) in [6.07, 6.45) is 0.938. The third-order valence-corrected chi connectivity index (χ3v) is 2.67. The van der Waals surface area contributed by atoms with E-state index in [9.17, 15) is 4.79 Å². The molecule has 0 fully saturated rings. The minimum Gasteiger partial charge on any atom is -0.399 e. The molecule has 0 radical (unpaired) electrons. The summed E-state index contributed by atoms with van der Waals surface area (Å²) in [6.45, 7) is 1.67. The lowest BCUT2D eigenvalue weighted by Gasteiger charge is -2.19. The number of carbonyl (C=O) groups is 1. The minimum absolute atomic E-state index is 0.0484. The fourth-order valence-electron chi connectivity index (χ4n) is 1.75. The van der Waals surface area contributed by atoms with Gasteiger partial charge in [0.05, 0.1) is 0 Å². The molecule has 0 bridgehead atoms. The summed E-state index contributed by atoms with van der Waals surface area (Å²) < 4.78 is 0. The van der Waals surface area contributed by atoms with Crippen LogP contribution in [0.2, 0.25) is 0 Å². The van der Waals surface area contributed by atoms with Crippen molar-refractivity contribution < 1.29 is 4.79 Å². The second-order valence-corrected chi connectivity index (χ2v) is 4.77. The molecule has 0 atom stereocenters. The molecule has 0 heterocycles. The monoisotopic (exact) mass is 250 g/mol. The molecule has 1 aromatic carbocycles. The van der Waals surface area contributed by atoms with Gasteiger partial charge in [-0.15, -0.1) is 0 Å². The van der Waals surface area contributed by atoms with Crippen LogP contribution in [0.5, 0.6) is 0 Å². The zero-order valence-corrected chi connectivity index (χ0v) is 11.3. The molecule has 1 rings (SSSR count). The summed E-state index contributed by atoms with van der Waals surface area (Å²) in [6, 6.07) is 4.95. The van der Waals surface area contributed by atoms with Crippen molar-refractivity contribution in [2.24, 2.45) is 0 Å². The van der Waals surface area contributed by atoms with Crippen molar-refractivity contribution in [1.82, 2.24) is 9.80 Å². The first kappa shape index (κ1) is 14.3. The van der Waals surface area contributed by atoms with Crippen LogP contribution in [-0.4, -0.2) is 49.9 Å². The summed E-state index contributed by atoms with van der Waals surface area (Å²) in [7, 11) is 5.82. The second-order valence-electron chi connectivity index (χ2n) is 4.77. The first-order valence-electron chi connectivity index (χ1n) is 5.96. The van der Waals surface area contributed by atoms with Gasteiger partial charge in [0.1, 0.15) is 0 Å². The third kappa shape index (κ3) is 4.25. The highest BCUT2D eigenvalue weighted by atomic mass is 16.2. The number of hydrogen-bond acceptors (Lipinski definition) is 4. The van der Waals surface area contributed by atoms with Crippen LogP contribution in [0.15, 0.2) is 18.2 Å². The molecule has 1 amide bonds. The molecule has 100 valence electrons. The lowest BCUT2D eigenvalue weighted by molar-refractivity contribution is 0.0791. The number of anilines is 2. The number of nitrogen functional groups attached to an aromatic ring is 2. The van der Waals surface area contributed by atoms with E-state index < -0.39 is 0 Å². The molecular weight excluding hydrogens is 228 g/mol. The van der Waals surface area contributed by atoms with Gasteiger partial charge in [-0.3, -0.25) is 4.79 Å². The van der Waals surface area contributed by atoms with E-state index in [4.69, 9.17) is 11.5 Å². The van der Waals surface area contributed by atoms with Crippen LogP contribution in [0.25, 0.3) is 0 Å². The molecule has 0 unspecified atom stereocenters. The van der Waals surface area contributed by atoms with E-state index in [0.717, 1.165) is 13.0 Å². The number of hydrogen-bond donors (Lipinski definition) is 2. The van der Waals surface area contributed by atoms with Gasteiger partial charge in [-0.2, -0.15) is 0 Å². The molecule has 5 heteroatoms. The Morgan fingerprint density at radius 1 is 1.06 bits per heavy atom. The molecule has 0 aromatic heterocycles. The zero-order valence-electron chi connectivity index (χ0n) is 11.3. The predicted molar refractivity (Wildman–Crippen MR) is 75.4 cm³/mol. The molecule has 18 heavy (non-hydrogen) atoms. The first-order chi connectivity index (χ1) is 8.40. The summed E-state index contributed by atoms with van der Waals surface area (Å²) in [4.78, 5) is 15.9. The first-order valence-corrected chi connectivity index (χ1v) is 5.96. The van der Waals surface area contributed by atoms with Gasteiger partial charge in [0.2, 0.25) is 0 Å². The van der Waals surface area contributed by atoms with Crippen molar-refractivity contribution in [2.45, 2.75) is 6.42 Å². The van der Waals surface area contributed by atoms with Crippen LogP contribution in [0.3, 0.4) is 0 Å². The summed E-state index contributed by atoms with van der Waals surface area (Å²) in [5.74, 6) is -0.0484. The maximum Gasteiger partial charge on any atom is 0.253 e. The molecule has 0 aliphatic heterocycles. The molecule has 0 aliphatic carbocycles. The highest BCUT2D eigenvalue weighted by Crippen LogP contribution is 2.15. The van der Waals surface area contributed by atoms with Crippen LogP contribution in [0.4, 0.5) is 11.4 Å². The number of nitrogens with zero attached hydrogens (tertiary/aromatic N) is 2. The second kappa shape index (κ2) is 6.26. The van der Waals surface area contributed by atoms with Gasteiger partial charge in [-0.1, -0.05) is 0 Å². The normalized spacial score (nSPS) is 10.7. The Labute approximate surface area is 108 Å². The van der Waals surface area contributed by atoms with Crippen LogP contribution < -0.4 is 11.5 Å². The number of carbonyl (C=O) groups excluding carboxylic acids is 1. The average Bonchev–Trinajstić information content (AvgIpc) is 2.26. The van der Waals surface area contributed by atoms with Crippen LogP contribution in [0.1, 0.15) is 16.8 Å². The Balaban J connectivity index is 2.62. The molecule has 0 aliphatic rings. The summed E-state index contributed by atoms with van der Waals surface area (Å²) in [5.41, 5.74) is 12.9. The lowest BCUT2D eigenvalue weighted by Crippen LogP contribution is -2.29. The van der Waals surface area contributed by atoms with Crippen LogP contribution in [-0.2, 0) is 0 Å². The fraction of sp³-hybridized carbons (Fsp3) is 0.462. The van der Waals surface area contributed by atoms with E-state index in [-0.39, 0.29) is 5.91 Å². The van der Waals surface area contributed by atoms with Crippen LogP contribution in [0, 0.1) is 0 Å². The molecule has 0 saturated carbocycles. The van der Waals surface area contributed by atoms with Crippen LogP contribution >= 0.6 is 0 Å². The summed E-state index contributed by atoms with van der Waals surface area (Å²) in [5, 5.41) is 0. The van der Waals surface area contributed by atoms with Gasteiger partial charge in [-0.05, 0) is 45.3 Å². The molecule has 1 aromatic rings. The standard InChI is InChI=1S/C13H22N4O/c1-16(2)5-4-6-17(3)13(18)10-7-11(14)9-12(15)8-10/h7-9H,4-6,14-15H2,1-3H3. The quantitative estimate of drug-likeness (QED) is 0.760. The highest BCUT2D eigenvalue weighted by Gasteiger charge is 2.12. The molecule has 0 spiro atoms. The smallest absolute Gasteiger partial charge is 0.253 e. The van der Waals surface area contributed by atoms with Gasteiger partial charge in [0.15, 0.2) is 0 Å². The van der Waals surface area contributed by atoms with E-state index in [1.807, 2.05) is 14.1 Å². The van der Waals surface area contributed by atoms with E-state index in [2.05, 4.69) is 4.90 Å². The fourth-order valence-corrected chi connectivity index (χ4v) is 1.75. The maximum atomic E-state index is 12.1. The highest BCUT2D eigenvalue weighted by molar-refractivity contribution is 5.95. The molecule has 5 nitrogen and oxygen atoms in total. The lowest BCUT2D eigenvalue weighted by atomic mass is 10.1. The van der Waals surface area contributed by atoms with Gasteiger partial charge in [-0.25, -0.2) is 0 Å². The Morgan fingerprint density at radius 2 is 1.61 bits per heavy atom. The zero-order chi connectivity index (χ0) is 13.7. The van der Waals surface area contributed by atoms with E-state index in [1.54, 1.807) is 30.1 Å². The van der Waals surface area contributed by atoms with E-state index in [1.165, 1.54) is 0 Å². The number of nitrogens with two attached hydrogens (primary N) is 2. The van der Waals surface area contributed by atoms with Crippen molar-refractivity contribution in [3.63, 3.8) is 0 Å². The Bertz CT molecular complexity index is 397. The van der Waals surface area contributed by atoms with Crippen molar-refractivity contribution in [3.05, 3.63) is 23.8 Å². The topological polar surface area (TPSA) is 75.6 Å². The Kier molecular flexibility index (Phi) is 4.97. The molecular formula is C13H22N4O. The van der Waals surface area contributed by atoms with Gasteiger partial charge >= 0.3 is 0 Å². The molecule has 0 saturated heterocycles. The SMILES string of the molecule is CN(C)CCCN(C)C(=O)c1cc(N)cc(N)c1. The van der Waals surface area contributed by atoms with Crippen molar-refractivity contribution >= 4 is 17.3 Å². The van der Waals surface area contributed by atoms with E-state index in [0.29, 0.717) is 23.5 Å². The number of benzene rings is 1. The Hall–Kier alpha value is -1.75. The van der Waals surface area contributed by atoms with Gasteiger partial charge in [0, 0.05) is 30.5 Å². The van der Waals surface area contributed by atoms with Crippen molar-refractivity contribution in [2.75, 3.05) is 45.7 Å². The van der Waals surface area contributed by atoms with Crippen molar-refractivity contribution in [1.29, 1.82) is 0 Å². The largest absolute Gasteiger partial charge is 0.399 e. The maximum absolute atomic E-state index is 12.1. The summed E-state index contributed by atoms with van der Waals surface area (Å²) >= 11 is 0. The average molecular weight is 250 g/mol. The predicted octanol–water partition coefficient (Wildman–Crippen LogP) is 0.875. The van der Waals surface area contributed by atoms with Gasteiger partial charge in [0.25, 0.3) is 5.91 Å². The van der Waals surface area contributed by atoms with E-state index >= 15 is 0 Å². The van der Waals surface area contributed by atoms with Gasteiger partial charge < -0.3 is 21.3 Å². The number of rotatable bonds is 5.